The Morgan fingerprint density at radius 1 is 1.18 bits per heavy atom. The van der Waals surface area contributed by atoms with E-state index in [1.165, 1.54) is 6.08 Å². The summed E-state index contributed by atoms with van der Waals surface area (Å²) in [6.07, 6.45) is 1.24. The van der Waals surface area contributed by atoms with Crippen LogP contribution < -0.4 is 10.1 Å². The van der Waals surface area contributed by atoms with Crippen LogP contribution in [0.3, 0.4) is 0 Å². The number of ether oxygens (including phenoxy) is 2. The number of aryl methyl sites for hydroxylation is 1. The monoisotopic (exact) mass is 385 g/mol. The molecule has 0 aromatic heterocycles. The van der Waals surface area contributed by atoms with Crippen LogP contribution in [0.25, 0.3) is 0 Å². The molecule has 0 aliphatic heterocycles. The molecule has 2 aromatic rings. The normalized spacial score (nSPS) is 11.8. The summed E-state index contributed by atoms with van der Waals surface area (Å²) in [6.45, 7) is 1.96. The van der Waals surface area contributed by atoms with E-state index < -0.39 is 18.2 Å². The van der Waals surface area contributed by atoms with Crippen molar-refractivity contribution in [3.05, 3.63) is 71.8 Å². The second-order valence-electron chi connectivity index (χ2n) is 6.01. The fourth-order valence-corrected chi connectivity index (χ4v) is 2.43. The first-order valence-corrected chi connectivity index (χ1v) is 8.75. The van der Waals surface area contributed by atoms with Crippen LogP contribution in [-0.2, 0) is 9.53 Å². The molecule has 0 unspecified atom stereocenters. The number of rotatable bonds is 9. The number of benzene rings is 2. The van der Waals surface area contributed by atoms with Gasteiger partial charge in [0.2, 0.25) is 0 Å². The van der Waals surface area contributed by atoms with Crippen molar-refractivity contribution in [1.29, 1.82) is 0 Å². The van der Waals surface area contributed by atoms with E-state index in [1.54, 1.807) is 36.4 Å². The molecule has 0 fully saturated rings. The Balaban J connectivity index is 2.12. The van der Waals surface area contributed by atoms with Gasteiger partial charge in [-0.2, -0.15) is 0 Å². The minimum Gasteiger partial charge on any atom is -0.491 e. The molecular weight excluding hydrogens is 362 g/mol. The highest BCUT2D eigenvalue weighted by molar-refractivity contribution is 5.84. The molecule has 0 bridgehead atoms. The highest BCUT2D eigenvalue weighted by Gasteiger charge is 2.17. The second kappa shape index (κ2) is 10.7. The number of nitrogens with one attached hydrogen (secondary N) is 1. The molecule has 28 heavy (non-hydrogen) atoms. The second-order valence-corrected chi connectivity index (χ2v) is 6.01. The van der Waals surface area contributed by atoms with Crippen molar-refractivity contribution in [3.8, 4) is 5.75 Å². The van der Waals surface area contributed by atoms with E-state index in [2.05, 4.69) is 5.32 Å². The molecule has 1 atom stereocenters. The van der Waals surface area contributed by atoms with Crippen LogP contribution in [0, 0.1) is 6.92 Å². The third-order valence-corrected chi connectivity index (χ3v) is 3.75. The van der Waals surface area contributed by atoms with E-state index >= 15 is 0 Å². The summed E-state index contributed by atoms with van der Waals surface area (Å²) < 4.78 is 10.9. The van der Waals surface area contributed by atoms with Crippen LogP contribution in [-0.4, -0.2) is 35.5 Å². The molecule has 7 heteroatoms. The van der Waals surface area contributed by atoms with Crippen LogP contribution in [0.1, 0.15) is 23.7 Å². The van der Waals surface area contributed by atoms with Crippen molar-refractivity contribution < 1.29 is 29.3 Å². The number of amides is 1. The van der Waals surface area contributed by atoms with Gasteiger partial charge >= 0.3 is 12.1 Å². The predicted octanol–water partition coefficient (Wildman–Crippen LogP) is 3.69. The molecule has 0 aliphatic rings. The van der Waals surface area contributed by atoms with Gasteiger partial charge in [-0.15, -0.1) is 0 Å². The van der Waals surface area contributed by atoms with E-state index in [0.29, 0.717) is 17.0 Å². The van der Waals surface area contributed by atoms with Gasteiger partial charge in [-0.3, -0.25) is 5.32 Å². The highest BCUT2D eigenvalue weighted by Crippen LogP contribution is 2.26. The summed E-state index contributed by atoms with van der Waals surface area (Å²) >= 11 is 0. The minimum absolute atomic E-state index is 0.121. The van der Waals surface area contributed by atoms with Crippen molar-refractivity contribution in [2.75, 3.05) is 18.5 Å². The summed E-state index contributed by atoms with van der Waals surface area (Å²) in [5, 5.41) is 20.3. The van der Waals surface area contributed by atoms with E-state index in [4.69, 9.17) is 19.7 Å². The molecule has 0 saturated heterocycles. The van der Waals surface area contributed by atoms with Crippen molar-refractivity contribution >= 4 is 17.7 Å². The maximum Gasteiger partial charge on any atom is 0.412 e. The molecule has 0 heterocycles. The van der Waals surface area contributed by atoms with E-state index in [9.17, 15) is 9.59 Å². The van der Waals surface area contributed by atoms with Gasteiger partial charge in [0.25, 0.3) is 0 Å². The van der Waals surface area contributed by atoms with E-state index in [-0.39, 0.29) is 19.6 Å². The van der Waals surface area contributed by atoms with Crippen molar-refractivity contribution in [1.82, 2.24) is 0 Å². The van der Waals surface area contributed by atoms with E-state index in [0.717, 1.165) is 11.6 Å². The third-order valence-electron chi connectivity index (χ3n) is 3.75. The predicted molar refractivity (Wildman–Crippen MR) is 104 cm³/mol. The van der Waals surface area contributed by atoms with Crippen LogP contribution in [0.5, 0.6) is 5.75 Å². The first-order chi connectivity index (χ1) is 13.5. The third kappa shape index (κ3) is 7.13. The van der Waals surface area contributed by atoms with Gasteiger partial charge in [0.1, 0.15) is 18.5 Å². The first-order valence-electron chi connectivity index (χ1n) is 8.75. The minimum atomic E-state index is -1.08. The lowest BCUT2D eigenvalue weighted by Gasteiger charge is -2.18. The van der Waals surface area contributed by atoms with Gasteiger partial charge in [-0.05, 0) is 36.8 Å². The summed E-state index contributed by atoms with van der Waals surface area (Å²) in [6, 6.07) is 14.2. The summed E-state index contributed by atoms with van der Waals surface area (Å²) in [4.78, 5) is 23.0. The van der Waals surface area contributed by atoms with Crippen molar-refractivity contribution in [2.24, 2.45) is 0 Å². The standard InChI is InChI=1S/C21H23NO6/c1-15-8-10-17(11-9-15)22-21(26)28-19(6-3-7-20(24)25)16-4-2-5-18(14-16)27-13-12-23/h2-5,7-11,14,19,23H,6,12-13H2,1H3,(H,22,26)(H,24,25)/b7-3+/t19-/m1/s1. The number of carbonyl (C=O) groups is 2. The molecule has 148 valence electrons. The van der Waals surface area contributed by atoms with Gasteiger partial charge in [0, 0.05) is 18.2 Å². The number of carboxylic acids is 1. The number of aliphatic hydroxyl groups is 1. The topological polar surface area (TPSA) is 105 Å². The van der Waals surface area contributed by atoms with Crippen LogP contribution in [0.2, 0.25) is 0 Å². The number of aliphatic carboxylic acids is 1. The Bertz CT molecular complexity index is 816. The molecule has 7 nitrogen and oxygen atoms in total. The molecule has 2 aromatic carbocycles. The lowest BCUT2D eigenvalue weighted by Crippen LogP contribution is -2.17. The number of carbonyl (C=O) groups excluding carboxylic acids is 1. The van der Waals surface area contributed by atoms with Crippen molar-refractivity contribution in [2.45, 2.75) is 19.4 Å². The molecule has 0 aliphatic carbocycles. The maximum absolute atomic E-state index is 12.3. The first kappa shape index (κ1) is 21.0. The van der Waals surface area contributed by atoms with Crippen molar-refractivity contribution in [3.63, 3.8) is 0 Å². The van der Waals surface area contributed by atoms with Gasteiger partial charge in [-0.25, -0.2) is 9.59 Å². The fourth-order valence-electron chi connectivity index (χ4n) is 2.43. The molecule has 1 amide bonds. The summed E-state index contributed by atoms with van der Waals surface area (Å²) in [7, 11) is 0. The summed E-state index contributed by atoms with van der Waals surface area (Å²) in [5.74, 6) is -0.566. The molecule has 0 radical (unpaired) electrons. The molecule has 3 N–H and O–H groups in total. The number of hydrogen-bond acceptors (Lipinski definition) is 5. The zero-order chi connectivity index (χ0) is 20.4. The fraction of sp³-hybridized carbons (Fsp3) is 0.238. The van der Waals surface area contributed by atoms with Gasteiger partial charge in [0.05, 0.1) is 6.61 Å². The van der Waals surface area contributed by atoms with Gasteiger partial charge < -0.3 is 19.7 Å². The Labute approximate surface area is 163 Å². The number of hydrogen-bond donors (Lipinski definition) is 3. The smallest absolute Gasteiger partial charge is 0.412 e. The zero-order valence-corrected chi connectivity index (χ0v) is 15.5. The average molecular weight is 385 g/mol. The Morgan fingerprint density at radius 3 is 2.61 bits per heavy atom. The Hall–Kier alpha value is -3.32. The molecule has 2 rings (SSSR count). The number of anilines is 1. The van der Waals surface area contributed by atoms with Gasteiger partial charge in [0.15, 0.2) is 0 Å². The lowest BCUT2D eigenvalue weighted by molar-refractivity contribution is -0.131. The quantitative estimate of drug-likeness (QED) is 0.569. The zero-order valence-electron chi connectivity index (χ0n) is 15.5. The van der Waals surface area contributed by atoms with Crippen LogP contribution in [0.15, 0.2) is 60.7 Å². The Morgan fingerprint density at radius 2 is 1.93 bits per heavy atom. The maximum atomic E-state index is 12.3. The van der Waals surface area contributed by atoms with Gasteiger partial charge in [-0.1, -0.05) is 35.9 Å². The lowest BCUT2D eigenvalue weighted by atomic mass is 10.1. The SMILES string of the molecule is Cc1ccc(NC(=O)O[C@H](C/C=C/C(=O)O)c2cccc(OCCO)c2)cc1. The van der Waals surface area contributed by atoms with E-state index in [1.807, 2.05) is 19.1 Å². The molecule has 0 saturated carbocycles. The number of carboxylic acid groups (broad SMARTS) is 1. The van der Waals surface area contributed by atoms with Crippen LogP contribution in [0.4, 0.5) is 10.5 Å². The average Bonchev–Trinajstić information content (AvgIpc) is 2.67. The molecular formula is C21H23NO6. The largest absolute Gasteiger partial charge is 0.491 e. The van der Waals surface area contributed by atoms with Crippen LogP contribution >= 0.6 is 0 Å². The molecule has 0 spiro atoms. The Kier molecular flexibility index (Phi) is 8.05. The highest BCUT2D eigenvalue weighted by atomic mass is 16.6. The number of aliphatic hydroxyl groups excluding tert-OH is 1. The summed E-state index contributed by atoms with van der Waals surface area (Å²) in [5.41, 5.74) is 2.30.